The highest BCUT2D eigenvalue weighted by Gasteiger charge is 2.69. The fourth-order valence-corrected chi connectivity index (χ4v) is 6.24. The number of carbonyl (C=O) groups is 2. The van der Waals surface area contributed by atoms with E-state index in [0.29, 0.717) is 18.3 Å². The SMILES string of the molecule is C[C@@H]1C(=O)N2CC3[C@@H]([C@H]2C(=O)C[C@H](CO)CCCCCCCCCC1(C)C)C3(C)C. The molecular formula is C26H45NO3. The molecule has 1 aliphatic carbocycles. The van der Waals surface area contributed by atoms with Crippen LogP contribution in [0, 0.1) is 34.5 Å². The van der Waals surface area contributed by atoms with E-state index in [1.807, 2.05) is 4.90 Å². The number of ketones is 1. The molecule has 5 atom stereocenters. The molecule has 2 aliphatic heterocycles. The van der Waals surface area contributed by atoms with E-state index in [1.54, 1.807) is 0 Å². The summed E-state index contributed by atoms with van der Waals surface area (Å²) in [4.78, 5) is 29.0. The van der Waals surface area contributed by atoms with Crippen LogP contribution < -0.4 is 0 Å². The number of aliphatic hydroxyl groups is 1. The van der Waals surface area contributed by atoms with Gasteiger partial charge in [0.05, 0.1) is 6.04 Å². The van der Waals surface area contributed by atoms with Crippen LogP contribution in [0.25, 0.3) is 0 Å². The van der Waals surface area contributed by atoms with Gasteiger partial charge >= 0.3 is 0 Å². The highest BCUT2D eigenvalue weighted by atomic mass is 16.3. The molecule has 3 fully saturated rings. The number of hydrogen-bond donors (Lipinski definition) is 1. The number of nitrogens with zero attached hydrogens (tertiary/aromatic N) is 1. The van der Waals surface area contributed by atoms with Crippen LogP contribution in [0.3, 0.4) is 0 Å². The lowest BCUT2D eigenvalue weighted by atomic mass is 9.75. The van der Waals surface area contributed by atoms with Crippen LogP contribution in [0.5, 0.6) is 0 Å². The quantitative estimate of drug-likeness (QED) is 0.633. The lowest BCUT2D eigenvalue weighted by Gasteiger charge is -2.38. The lowest BCUT2D eigenvalue weighted by molar-refractivity contribution is -0.145. The molecule has 0 spiro atoms. The number of amides is 1. The second-order valence-corrected chi connectivity index (χ2v) is 11.8. The number of Topliss-reactive ketones (excluding diaryl/α,β-unsaturated/α-hetero) is 1. The maximum absolute atomic E-state index is 13.6. The molecule has 0 bridgehead atoms. The third-order valence-electron chi connectivity index (χ3n) is 9.05. The van der Waals surface area contributed by atoms with Crippen LogP contribution in [0.4, 0.5) is 0 Å². The highest BCUT2D eigenvalue weighted by molar-refractivity contribution is 5.92. The van der Waals surface area contributed by atoms with Crippen LogP contribution >= 0.6 is 0 Å². The second-order valence-electron chi connectivity index (χ2n) is 11.8. The Bertz CT molecular complexity index is 626. The fraction of sp³-hybridized carbons (Fsp3) is 0.923. The molecule has 2 heterocycles. The Balaban J connectivity index is 1.80. The van der Waals surface area contributed by atoms with Gasteiger partial charge in [0.2, 0.25) is 5.91 Å². The Morgan fingerprint density at radius 1 is 0.967 bits per heavy atom. The van der Waals surface area contributed by atoms with Gasteiger partial charge in [0.1, 0.15) is 0 Å². The normalized spacial score (nSPS) is 37.9. The van der Waals surface area contributed by atoms with E-state index in [4.69, 9.17) is 0 Å². The van der Waals surface area contributed by atoms with Gasteiger partial charge in [-0.2, -0.15) is 0 Å². The molecule has 1 N–H and O–H groups in total. The van der Waals surface area contributed by atoms with E-state index >= 15 is 0 Å². The smallest absolute Gasteiger partial charge is 0.226 e. The van der Waals surface area contributed by atoms with Crippen molar-refractivity contribution in [2.24, 2.45) is 34.5 Å². The van der Waals surface area contributed by atoms with E-state index in [0.717, 1.165) is 25.8 Å². The van der Waals surface area contributed by atoms with Crippen LogP contribution in [-0.4, -0.2) is 40.9 Å². The van der Waals surface area contributed by atoms with Crippen molar-refractivity contribution in [3.63, 3.8) is 0 Å². The number of aliphatic hydroxyl groups excluding tert-OH is 1. The summed E-state index contributed by atoms with van der Waals surface area (Å²) in [6.45, 7) is 11.8. The number of fused-ring (bicyclic) bond motifs is 3. The molecule has 172 valence electrons. The summed E-state index contributed by atoms with van der Waals surface area (Å²) in [5, 5.41) is 9.88. The van der Waals surface area contributed by atoms with Crippen molar-refractivity contribution in [1.29, 1.82) is 0 Å². The zero-order valence-electron chi connectivity index (χ0n) is 20.1. The standard InChI is InChI=1S/C26H45NO3/c1-18-24(30)27-16-20-22(26(20,4)5)23(27)21(29)15-19(17-28)13-11-9-7-6-8-10-12-14-25(18,2)3/h18-20,22-23,28H,6-17H2,1-5H3/t18-,19-,20?,22+,23-/m1/s1. The van der Waals surface area contributed by atoms with E-state index in [1.165, 1.54) is 38.5 Å². The van der Waals surface area contributed by atoms with Gasteiger partial charge in [-0.1, -0.05) is 79.6 Å². The van der Waals surface area contributed by atoms with Gasteiger partial charge in [0.25, 0.3) is 0 Å². The van der Waals surface area contributed by atoms with Gasteiger partial charge in [-0.3, -0.25) is 9.59 Å². The average molecular weight is 420 g/mol. The van der Waals surface area contributed by atoms with E-state index in [-0.39, 0.29) is 47.0 Å². The molecule has 1 saturated carbocycles. The lowest BCUT2D eigenvalue weighted by Crippen LogP contribution is -2.50. The van der Waals surface area contributed by atoms with E-state index in [2.05, 4.69) is 34.6 Å². The molecule has 3 rings (SSSR count). The van der Waals surface area contributed by atoms with Crippen LogP contribution in [0.2, 0.25) is 0 Å². The highest BCUT2D eigenvalue weighted by Crippen LogP contribution is 2.65. The average Bonchev–Trinajstić information content (AvgIpc) is 3.04. The van der Waals surface area contributed by atoms with Gasteiger partial charge < -0.3 is 10.0 Å². The minimum Gasteiger partial charge on any atom is -0.396 e. The van der Waals surface area contributed by atoms with E-state index in [9.17, 15) is 14.7 Å². The fourth-order valence-electron chi connectivity index (χ4n) is 6.24. The van der Waals surface area contributed by atoms with Crippen LogP contribution in [0.15, 0.2) is 0 Å². The maximum Gasteiger partial charge on any atom is 0.226 e. The zero-order valence-corrected chi connectivity index (χ0v) is 20.1. The van der Waals surface area contributed by atoms with Gasteiger partial charge in [-0.05, 0) is 41.4 Å². The number of piperidine rings is 1. The molecule has 30 heavy (non-hydrogen) atoms. The van der Waals surface area contributed by atoms with Crippen molar-refractivity contribution >= 4 is 11.7 Å². The molecule has 0 aromatic carbocycles. The Morgan fingerprint density at radius 3 is 2.20 bits per heavy atom. The topological polar surface area (TPSA) is 57.6 Å². The third-order valence-corrected chi connectivity index (χ3v) is 9.05. The first-order chi connectivity index (χ1) is 14.1. The summed E-state index contributed by atoms with van der Waals surface area (Å²) in [6.07, 6.45) is 10.9. The van der Waals surface area contributed by atoms with Crippen molar-refractivity contribution < 1.29 is 14.7 Å². The summed E-state index contributed by atoms with van der Waals surface area (Å²) in [7, 11) is 0. The summed E-state index contributed by atoms with van der Waals surface area (Å²) < 4.78 is 0. The summed E-state index contributed by atoms with van der Waals surface area (Å²) in [5.41, 5.74) is 0.109. The molecule has 0 radical (unpaired) electrons. The maximum atomic E-state index is 13.6. The minimum absolute atomic E-state index is 0.0416. The summed E-state index contributed by atoms with van der Waals surface area (Å²) in [6, 6.07) is -0.277. The molecule has 3 aliphatic rings. The number of rotatable bonds is 1. The molecule has 0 aromatic heterocycles. The predicted octanol–water partition coefficient (Wildman–Crippen LogP) is 5.22. The predicted molar refractivity (Wildman–Crippen MR) is 121 cm³/mol. The van der Waals surface area contributed by atoms with Gasteiger partial charge in [0, 0.05) is 25.5 Å². The number of hydrogen-bond acceptors (Lipinski definition) is 3. The first-order valence-electron chi connectivity index (χ1n) is 12.6. The van der Waals surface area contributed by atoms with Crippen molar-refractivity contribution in [2.75, 3.05) is 13.2 Å². The Labute approximate surface area is 184 Å². The first-order valence-corrected chi connectivity index (χ1v) is 12.6. The van der Waals surface area contributed by atoms with Crippen LogP contribution in [0.1, 0.15) is 98.8 Å². The number of carbonyl (C=O) groups excluding carboxylic acids is 2. The molecule has 4 nitrogen and oxygen atoms in total. The summed E-state index contributed by atoms with van der Waals surface area (Å²) >= 11 is 0. The molecule has 4 heteroatoms. The van der Waals surface area contributed by atoms with Crippen molar-refractivity contribution in [3.8, 4) is 0 Å². The van der Waals surface area contributed by atoms with Gasteiger partial charge in [-0.25, -0.2) is 0 Å². The van der Waals surface area contributed by atoms with Crippen molar-refractivity contribution in [1.82, 2.24) is 4.90 Å². The largest absolute Gasteiger partial charge is 0.396 e. The third kappa shape index (κ3) is 4.79. The monoisotopic (exact) mass is 419 g/mol. The molecule has 2 saturated heterocycles. The molecule has 1 amide bonds. The van der Waals surface area contributed by atoms with Crippen molar-refractivity contribution in [2.45, 2.75) is 105 Å². The molecule has 1 unspecified atom stereocenters. The van der Waals surface area contributed by atoms with Crippen molar-refractivity contribution in [3.05, 3.63) is 0 Å². The zero-order chi connectivity index (χ0) is 22.1. The minimum atomic E-state index is -0.277. The molecular weight excluding hydrogens is 374 g/mol. The van der Waals surface area contributed by atoms with Crippen LogP contribution in [-0.2, 0) is 9.59 Å². The van der Waals surface area contributed by atoms with Gasteiger partial charge in [0.15, 0.2) is 5.78 Å². The summed E-state index contributed by atoms with van der Waals surface area (Å²) in [5.74, 6) is 1.08. The second kappa shape index (κ2) is 9.30. The Hall–Kier alpha value is -0.900. The molecule has 0 aromatic rings. The van der Waals surface area contributed by atoms with Gasteiger partial charge in [-0.15, -0.1) is 0 Å². The first kappa shape index (κ1) is 23.8. The Kier molecular flexibility index (Phi) is 7.37. The Morgan fingerprint density at radius 2 is 1.57 bits per heavy atom. The van der Waals surface area contributed by atoms with E-state index < -0.39 is 0 Å².